The van der Waals surface area contributed by atoms with Crippen LogP contribution in [0.2, 0.25) is 10.0 Å². The van der Waals surface area contributed by atoms with Crippen LogP contribution in [0.15, 0.2) is 42.5 Å². The van der Waals surface area contributed by atoms with E-state index in [9.17, 15) is 18.8 Å². The third kappa shape index (κ3) is 6.97. The third-order valence-electron chi connectivity index (χ3n) is 6.67. The smallest absolute Gasteiger partial charge is 0.326 e. The van der Waals surface area contributed by atoms with Crippen LogP contribution in [-0.4, -0.2) is 48.5 Å². The lowest BCUT2D eigenvalue weighted by atomic mass is 9.38. The van der Waals surface area contributed by atoms with Gasteiger partial charge in [0.2, 0.25) is 5.91 Å². The Kier molecular flexibility index (Phi) is 7.96. The van der Waals surface area contributed by atoms with Crippen molar-refractivity contribution in [2.75, 3.05) is 24.6 Å². The number of hydrogen-bond donors (Lipinski definition) is 1. The maximum Gasteiger partial charge on any atom is 0.326 e. The maximum absolute atomic E-state index is 13.5. The van der Waals surface area contributed by atoms with E-state index in [1.54, 1.807) is 49.9 Å². The quantitative estimate of drug-likeness (QED) is 0.370. The van der Waals surface area contributed by atoms with Crippen LogP contribution in [0.5, 0.6) is 5.75 Å². The number of carbonyl (C=O) groups is 3. The summed E-state index contributed by atoms with van der Waals surface area (Å²) in [6.45, 7) is 5.10. The lowest BCUT2D eigenvalue weighted by Gasteiger charge is -2.70. The Labute approximate surface area is 231 Å². The van der Waals surface area contributed by atoms with Crippen molar-refractivity contribution in [1.29, 1.82) is 0 Å². The fourth-order valence-corrected chi connectivity index (χ4v) is 5.69. The van der Waals surface area contributed by atoms with Gasteiger partial charge in [0.05, 0.1) is 11.6 Å². The molecule has 5 rings (SSSR count). The summed E-state index contributed by atoms with van der Waals surface area (Å²) in [7, 11) is 0. The lowest BCUT2D eigenvalue weighted by molar-refractivity contribution is -0.172. The Morgan fingerprint density at radius 1 is 1.03 bits per heavy atom. The second-order valence-electron chi connectivity index (χ2n) is 11.4. The molecule has 2 bridgehead atoms. The number of ether oxygens (including phenoxy) is 2. The molecule has 1 amide bonds. The van der Waals surface area contributed by atoms with Gasteiger partial charge in [0, 0.05) is 28.7 Å². The van der Waals surface area contributed by atoms with Crippen molar-refractivity contribution in [3.05, 3.63) is 58.3 Å². The number of anilines is 1. The van der Waals surface area contributed by atoms with Crippen LogP contribution < -0.4 is 15.0 Å². The first-order valence-corrected chi connectivity index (χ1v) is 13.1. The van der Waals surface area contributed by atoms with E-state index in [1.165, 1.54) is 12.1 Å². The normalized spacial score (nSPS) is 21.5. The molecule has 0 unspecified atom stereocenters. The summed E-state index contributed by atoms with van der Waals surface area (Å²) in [5, 5.41) is 3.65. The average molecular weight is 565 g/mol. The maximum atomic E-state index is 13.5. The van der Waals surface area contributed by atoms with Crippen molar-refractivity contribution in [3.8, 4) is 5.75 Å². The highest BCUT2D eigenvalue weighted by molar-refractivity contribution is 6.31. The van der Waals surface area contributed by atoms with Crippen LogP contribution in [0.25, 0.3) is 0 Å². The number of hydrogen-bond acceptors (Lipinski definition) is 6. The monoisotopic (exact) mass is 564 g/mol. The summed E-state index contributed by atoms with van der Waals surface area (Å²) in [5.74, 6) is -1.08. The molecule has 0 saturated heterocycles. The summed E-state index contributed by atoms with van der Waals surface area (Å²) < 4.78 is 24.4. The molecule has 3 aliphatic rings. The van der Waals surface area contributed by atoms with Crippen LogP contribution in [-0.2, 0) is 19.1 Å². The van der Waals surface area contributed by atoms with Gasteiger partial charge < -0.3 is 19.7 Å². The van der Waals surface area contributed by atoms with E-state index >= 15 is 0 Å². The molecular formula is C28H31Cl2FN2O5. The number of ketones is 1. The molecule has 10 heteroatoms. The van der Waals surface area contributed by atoms with Gasteiger partial charge in [-0.15, -0.1) is 0 Å². The number of carbonyl (C=O) groups excluding carboxylic acids is 3. The SMILES string of the molecule is CC(C)(C)OC(=O)CN(CC(=O)NC12CC(CC(=O)COc3ccc(Cl)c(F)c3)(C1)C2)c1ccc(Cl)cc1. The van der Waals surface area contributed by atoms with Crippen LogP contribution in [0, 0.1) is 11.2 Å². The van der Waals surface area contributed by atoms with E-state index < -0.39 is 17.4 Å². The Morgan fingerprint density at radius 3 is 2.29 bits per heavy atom. The van der Waals surface area contributed by atoms with E-state index in [4.69, 9.17) is 32.7 Å². The molecule has 7 nitrogen and oxygen atoms in total. The third-order valence-corrected chi connectivity index (χ3v) is 7.23. The van der Waals surface area contributed by atoms with Gasteiger partial charge in [-0.3, -0.25) is 14.4 Å². The zero-order chi connectivity index (χ0) is 27.7. The van der Waals surface area contributed by atoms with Gasteiger partial charge in [-0.2, -0.15) is 0 Å². The largest absolute Gasteiger partial charge is 0.486 e. The summed E-state index contributed by atoms with van der Waals surface area (Å²) in [6.07, 6.45) is 2.47. The number of halogens is 3. The Hall–Kier alpha value is -2.84. The van der Waals surface area contributed by atoms with Crippen molar-refractivity contribution < 1.29 is 28.2 Å². The fourth-order valence-electron chi connectivity index (χ4n) is 5.45. The molecule has 0 radical (unpaired) electrons. The van der Waals surface area contributed by atoms with Crippen molar-refractivity contribution in [2.24, 2.45) is 5.41 Å². The number of amides is 1. The van der Waals surface area contributed by atoms with Gasteiger partial charge >= 0.3 is 5.97 Å². The zero-order valence-electron chi connectivity index (χ0n) is 21.6. The fraction of sp³-hybridized carbons (Fsp3) is 0.464. The Balaban J connectivity index is 1.27. The Bertz CT molecular complexity index is 1210. The topological polar surface area (TPSA) is 84.9 Å². The first kappa shape index (κ1) is 28.2. The summed E-state index contributed by atoms with van der Waals surface area (Å²) in [4.78, 5) is 39.6. The molecule has 1 N–H and O–H groups in total. The molecule has 0 spiro atoms. The molecule has 3 saturated carbocycles. The number of nitrogens with zero attached hydrogens (tertiary/aromatic N) is 1. The molecule has 3 aliphatic carbocycles. The molecule has 3 fully saturated rings. The summed E-state index contributed by atoms with van der Waals surface area (Å²) >= 11 is 11.7. The van der Waals surface area contributed by atoms with E-state index in [2.05, 4.69) is 5.32 Å². The molecule has 2 aromatic rings. The minimum atomic E-state index is -0.640. The number of esters is 1. The molecule has 0 aliphatic heterocycles. The highest BCUT2D eigenvalue weighted by atomic mass is 35.5. The second kappa shape index (κ2) is 10.7. The molecule has 0 aromatic heterocycles. The lowest BCUT2D eigenvalue weighted by Crippen LogP contribution is -2.75. The standard InChI is InChI=1S/C28H31Cl2FN2O5/c1-26(2,3)38-25(36)13-33(19-6-4-18(29)5-7-19)12-24(35)32-28-15-27(16-28,17-28)11-20(34)14-37-21-8-9-22(30)23(31)10-21/h4-10H,11-17H2,1-3H3,(H,32,35). The Morgan fingerprint density at radius 2 is 1.68 bits per heavy atom. The molecular weight excluding hydrogens is 534 g/mol. The average Bonchev–Trinajstić information content (AvgIpc) is 2.76. The second-order valence-corrected chi connectivity index (χ2v) is 12.2. The predicted molar refractivity (Wildman–Crippen MR) is 143 cm³/mol. The van der Waals surface area contributed by atoms with Gasteiger partial charge in [0.1, 0.15) is 30.3 Å². The molecule has 0 heterocycles. The highest BCUT2D eigenvalue weighted by Gasteiger charge is 2.68. The van der Waals surface area contributed by atoms with Gasteiger partial charge in [0.15, 0.2) is 5.78 Å². The number of benzene rings is 2. The number of rotatable bonds is 11. The molecule has 0 atom stereocenters. The molecule has 38 heavy (non-hydrogen) atoms. The predicted octanol–water partition coefficient (Wildman–Crippen LogP) is 5.36. The number of Topliss-reactive ketones (excluding diaryl/α,β-unsaturated/α-hetero) is 1. The summed E-state index contributed by atoms with van der Waals surface area (Å²) in [5.41, 5.74) is -0.422. The van der Waals surface area contributed by atoms with Crippen molar-refractivity contribution in [2.45, 2.75) is 57.6 Å². The van der Waals surface area contributed by atoms with E-state index in [-0.39, 0.29) is 53.1 Å². The first-order valence-electron chi connectivity index (χ1n) is 12.4. The van der Waals surface area contributed by atoms with Crippen molar-refractivity contribution in [1.82, 2.24) is 5.32 Å². The van der Waals surface area contributed by atoms with Gasteiger partial charge in [0.25, 0.3) is 0 Å². The molecule has 2 aromatic carbocycles. The first-order chi connectivity index (χ1) is 17.8. The van der Waals surface area contributed by atoms with Crippen molar-refractivity contribution in [3.63, 3.8) is 0 Å². The highest BCUT2D eigenvalue weighted by Crippen LogP contribution is 2.69. The van der Waals surface area contributed by atoms with E-state index in [1.807, 2.05) is 0 Å². The minimum Gasteiger partial charge on any atom is -0.486 e. The van der Waals surface area contributed by atoms with Crippen LogP contribution in [0.1, 0.15) is 46.5 Å². The van der Waals surface area contributed by atoms with Crippen LogP contribution in [0.4, 0.5) is 10.1 Å². The number of nitrogens with one attached hydrogen (secondary N) is 1. The van der Waals surface area contributed by atoms with E-state index in [0.29, 0.717) is 36.4 Å². The van der Waals surface area contributed by atoms with Crippen LogP contribution >= 0.6 is 23.2 Å². The minimum absolute atomic E-state index is 0.00832. The van der Waals surface area contributed by atoms with E-state index in [0.717, 1.165) is 6.07 Å². The van der Waals surface area contributed by atoms with Gasteiger partial charge in [-0.1, -0.05) is 23.2 Å². The van der Waals surface area contributed by atoms with Crippen LogP contribution in [0.3, 0.4) is 0 Å². The summed E-state index contributed by atoms with van der Waals surface area (Å²) in [6, 6.07) is 11.0. The molecule has 204 valence electrons. The van der Waals surface area contributed by atoms with Gasteiger partial charge in [-0.05, 0) is 81.8 Å². The van der Waals surface area contributed by atoms with Crippen molar-refractivity contribution >= 4 is 46.5 Å². The zero-order valence-corrected chi connectivity index (χ0v) is 23.1. The van der Waals surface area contributed by atoms with Gasteiger partial charge in [-0.25, -0.2) is 4.39 Å².